The second-order valence-corrected chi connectivity index (χ2v) is 9.20. The highest BCUT2D eigenvalue weighted by atomic mass is 79.9. The van der Waals surface area contributed by atoms with E-state index in [9.17, 15) is 4.57 Å². The lowest BCUT2D eigenvalue weighted by molar-refractivity contribution is 0.0905. The average Bonchev–Trinajstić information content (AvgIpc) is 2.42. The molecular weight excluding hydrogens is 447 g/mol. The Hall–Kier alpha value is -0.570. The minimum atomic E-state index is -3.78. The van der Waals surface area contributed by atoms with Crippen LogP contribution in [0, 0.1) is 11.8 Å². The summed E-state index contributed by atoms with van der Waals surface area (Å²) in [6, 6.07) is 9.39. The van der Waals surface area contributed by atoms with Crippen molar-refractivity contribution in [2.75, 3.05) is 0 Å². The molecule has 0 aliphatic rings. The highest BCUT2D eigenvalue weighted by Gasteiger charge is 2.32. The predicted octanol–water partition coefficient (Wildman–Crippen LogP) is 5.97. The van der Waals surface area contributed by atoms with E-state index in [4.69, 9.17) is 13.6 Å². The highest BCUT2D eigenvalue weighted by molar-refractivity contribution is 9.28. The number of rotatable bonds is 6. The molecule has 0 aliphatic carbocycles. The Labute approximate surface area is 154 Å². The molecular formula is C16H19Br2O4P. The first kappa shape index (κ1) is 20.5. The third-order valence-corrected chi connectivity index (χ3v) is 4.63. The number of benzene rings is 1. The van der Waals surface area contributed by atoms with Crippen molar-refractivity contribution in [1.29, 1.82) is 0 Å². The molecule has 0 bridgehead atoms. The molecule has 1 aromatic rings. The van der Waals surface area contributed by atoms with Crippen LogP contribution in [-0.4, -0.2) is 12.2 Å². The van der Waals surface area contributed by atoms with Crippen LogP contribution in [0.15, 0.2) is 39.5 Å². The fraction of sp³-hybridized carbons (Fsp3) is 0.375. The van der Waals surface area contributed by atoms with Crippen molar-refractivity contribution in [3.8, 4) is 11.8 Å². The van der Waals surface area contributed by atoms with Crippen LogP contribution in [0.4, 0.5) is 0 Å². The molecule has 0 heterocycles. The maximum atomic E-state index is 12.7. The van der Waals surface area contributed by atoms with E-state index in [0.29, 0.717) is 3.39 Å². The number of allylic oxidation sites excluding steroid dienone is 1. The van der Waals surface area contributed by atoms with E-state index in [1.807, 2.05) is 30.3 Å². The summed E-state index contributed by atoms with van der Waals surface area (Å²) in [6.07, 6.45) is -0.644. The van der Waals surface area contributed by atoms with Crippen LogP contribution in [0.25, 0.3) is 0 Å². The average molecular weight is 466 g/mol. The Morgan fingerprint density at radius 2 is 1.57 bits per heavy atom. The van der Waals surface area contributed by atoms with Gasteiger partial charge in [-0.25, -0.2) is 4.57 Å². The van der Waals surface area contributed by atoms with Crippen LogP contribution in [0.3, 0.4) is 0 Å². The van der Waals surface area contributed by atoms with Crippen molar-refractivity contribution in [3.63, 3.8) is 0 Å². The minimum Gasteiger partial charge on any atom is -0.393 e. The predicted molar refractivity (Wildman–Crippen MR) is 99.3 cm³/mol. The van der Waals surface area contributed by atoms with E-state index in [0.717, 1.165) is 5.56 Å². The molecule has 0 radical (unpaired) electrons. The molecule has 1 aromatic carbocycles. The van der Waals surface area contributed by atoms with Gasteiger partial charge in [0.2, 0.25) is 5.76 Å². The molecule has 0 spiro atoms. The van der Waals surface area contributed by atoms with E-state index in [1.165, 1.54) is 0 Å². The molecule has 0 saturated heterocycles. The van der Waals surface area contributed by atoms with Gasteiger partial charge in [0, 0.05) is 5.56 Å². The molecule has 0 fully saturated rings. The summed E-state index contributed by atoms with van der Waals surface area (Å²) in [4.78, 5) is 0. The van der Waals surface area contributed by atoms with Gasteiger partial charge in [0.1, 0.15) is 3.39 Å². The quantitative estimate of drug-likeness (QED) is 0.295. The second kappa shape index (κ2) is 9.66. The summed E-state index contributed by atoms with van der Waals surface area (Å²) >= 11 is 6.47. The summed E-state index contributed by atoms with van der Waals surface area (Å²) in [5.74, 6) is 5.89. The van der Waals surface area contributed by atoms with Gasteiger partial charge in [0.25, 0.3) is 0 Å². The Morgan fingerprint density at radius 3 is 2.00 bits per heavy atom. The Morgan fingerprint density at radius 1 is 1.04 bits per heavy atom. The van der Waals surface area contributed by atoms with Gasteiger partial charge in [-0.05, 0) is 77.6 Å². The molecule has 0 unspecified atom stereocenters. The first-order chi connectivity index (χ1) is 10.7. The molecule has 0 aromatic heterocycles. The third-order valence-electron chi connectivity index (χ3n) is 2.15. The fourth-order valence-electron chi connectivity index (χ4n) is 1.45. The van der Waals surface area contributed by atoms with E-state index in [2.05, 4.69) is 43.7 Å². The lowest BCUT2D eigenvalue weighted by Gasteiger charge is -2.22. The maximum absolute atomic E-state index is 12.7. The monoisotopic (exact) mass is 464 g/mol. The van der Waals surface area contributed by atoms with Gasteiger partial charge >= 0.3 is 7.82 Å². The molecule has 0 aliphatic heterocycles. The Kier molecular flexibility index (Phi) is 8.60. The van der Waals surface area contributed by atoms with Crippen LogP contribution >= 0.6 is 39.7 Å². The molecule has 1 rings (SSSR count). The summed E-state index contributed by atoms with van der Waals surface area (Å²) < 4.78 is 29.3. The Bertz CT molecular complexity index is 627. The SMILES string of the molecule is CC(C)OP(=O)(OC(C#Cc1ccccc1)=C(Br)Br)OC(C)C. The molecule has 4 nitrogen and oxygen atoms in total. The van der Waals surface area contributed by atoms with Crippen LogP contribution in [0.2, 0.25) is 0 Å². The first-order valence-corrected chi connectivity index (χ1v) is 10.1. The van der Waals surface area contributed by atoms with Crippen LogP contribution in [0.1, 0.15) is 33.3 Å². The number of hydrogen-bond acceptors (Lipinski definition) is 4. The highest BCUT2D eigenvalue weighted by Crippen LogP contribution is 2.54. The molecule has 0 atom stereocenters. The van der Waals surface area contributed by atoms with Crippen LogP contribution < -0.4 is 0 Å². The van der Waals surface area contributed by atoms with Gasteiger partial charge in [-0.2, -0.15) is 0 Å². The molecule has 7 heteroatoms. The van der Waals surface area contributed by atoms with Crippen molar-refractivity contribution in [2.45, 2.75) is 39.9 Å². The molecule has 126 valence electrons. The van der Waals surface area contributed by atoms with Gasteiger partial charge < -0.3 is 4.52 Å². The van der Waals surface area contributed by atoms with Gasteiger partial charge in [0.05, 0.1) is 12.2 Å². The standard InChI is InChI=1S/C16H19Br2O4P/c1-12(2)20-23(19,21-13(3)4)22-15(16(17)18)11-10-14-8-6-5-7-9-14/h5-9,12-13H,1-4H3. The van der Waals surface area contributed by atoms with E-state index in [-0.39, 0.29) is 18.0 Å². The molecule has 0 N–H and O–H groups in total. The summed E-state index contributed by atoms with van der Waals surface area (Å²) in [5, 5.41) is 0. The summed E-state index contributed by atoms with van der Waals surface area (Å²) in [5.41, 5.74) is 0.805. The Balaban J connectivity index is 3.04. The van der Waals surface area contributed by atoms with E-state index >= 15 is 0 Å². The second-order valence-electron chi connectivity index (χ2n) is 5.05. The first-order valence-electron chi connectivity index (χ1n) is 7.00. The van der Waals surface area contributed by atoms with Crippen LogP contribution in [0.5, 0.6) is 0 Å². The van der Waals surface area contributed by atoms with Crippen molar-refractivity contribution < 1.29 is 18.1 Å². The van der Waals surface area contributed by atoms with Crippen molar-refractivity contribution >= 4 is 39.7 Å². The summed E-state index contributed by atoms with van der Waals surface area (Å²) in [6.45, 7) is 7.01. The van der Waals surface area contributed by atoms with Gasteiger partial charge in [-0.1, -0.05) is 24.1 Å². The zero-order valence-corrected chi connectivity index (χ0v) is 17.4. The van der Waals surface area contributed by atoms with Crippen LogP contribution in [-0.2, 0) is 18.1 Å². The number of phosphoric acid groups is 1. The molecule has 23 heavy (non-hydrogen) atoms. The van der Waals surface area contributed by atoms with Crippen molar-refractivity contribution in [1.82, 2.24) is 0 Å². The lowest BCUT2D eigenvalue weighted by atomic mass is 10.2. The maximum Gasteiger partial charge on any atom is 0.531 e. The van der Waals surface area contributed by atoms with E-state index in [1.54, 1.807) is 27.7 Å². The zero-order valence-electron chi connectivity index (χ0n) is 13.4. The fourth-order valence-corrected chi connectivity index (χ4v) is 3.59. The van der Waals surface area contributed by atoms with Crippen molar-refractivity contribution in [3.05, 3.63) is 45.0 Å². The van der Waals surface area contributed by atoms with Gasteiger partial charge in [-0.15, -0.1) is 0 Å². The number of halogens is 2. The lowest BCUT2D eigenvalue weighted by Crippen LogP contribution is -2.10. The minimum absolute atomic E-state index is 0.137. The van der Waals surface area contributed by atoms with E-state index < -0.39 is 7.82 Å². The molecule has 0 amide bonds. The van der Waals surface area contributed by atoms with Gasteiger partial charge in [0.15, 0.2) is 0 Å². The van der Waals surface area contributed by atoms with Gasteiger partial charge in [-0.3, -0.25) is 9.05 Å². The normalized spacial score (nSPS) is 11.1. The number of phosphoric ester groups is 1. The van der Waals surface area contributed by atoms with Crippen molar-refractivity contribution in [2.24, 2.45) is 0 Å². The zero-order chi connectivity index (χ0) is 17.5. The molecule has 0 saturated carbocycles. The smallest absolute Gasteiger partial charge is 0.393 e. The third kappa shape index (κ3) is 8.19. The largest absolute Gasteiger partial charge is 0.531 e. The summed E-state index contributed by atoms with van der Waals surface area (Å²) in [7, 11) is -3.78. The topological polar surface area (TPSA) is 44.8 Å². The number of hydrogen-bond donors (Lipinski definition) is 0.